The minimum atomic E-state index is -0.863. The second-order valence-electron chi connectivity index (χ2n) is 7.26. The molecule has 3 rings (SSSR count). The quantitative estimate of drug-likeness (QED) is 0.821. The van der Waals surface area contributed by atoms with Crippen LogP contribution >= 0.6 is 0 Å². The second kappa shape index (κ2) is 8.33. The topological polar surface area (TPSA) is 105 Å². The van der Waals surface area contributed by atoms with Crippen molar-refractivity contribution < 1.29 is 19.5 Å². The molecule has 2 amide bonds. The van der Waals surface area contributed by atoms with Crippen molar-refractivity contribution in [1.29, 1.82) is 0 Å². The first-order chi connectivity index (χ1) is 12.5. The highest BCUT2D eigenvalue weighted by atomic mass is 16.4. The number of carbonyl (C=O) groups excluding carboxylic acids is 2. The normalized spacial score (nSPS) is 21.4. The van der Waals surface area contributed by atoms with E-state index in [-0.39, 0.29) is 30.9 Å². The van der Waals surface area contributed by atoms with Crippen molar-refractivity contribution in [3.05, 3.63) is 18.0 Å². The first kappa shape index (κ1) is 18.4. The number of rotatable bonds is 5. The van der Waals surface area contributed by atoms with Crippen LogP contribution < -0.4 is 5.32 Å². The molecule has 0 bridgehead atoms. The fraction of sp³-hybridized carbons (Fsp3) is 0.667. The van der Waals surface area contributed by atoms with E-state index in [2.05, 4.69) is 10.4 Å². The van der Waals surface area contributed by atoms with E-state index in [1.165, 1.54) is 17.3 Å². The van der Waals surface area contributed by atoms with Gasteiger partial charge in [-0.2, -0.15) is 5.10 Å². The van der Waals surface area contributed by atoms with Crippen LogP contribution in [-0.4, -0.2) is 56.7 Å². The molecule has 2 N–H and O–H groups in total. The van der Waals surface area contributed by atoms with Gasteiger partial charge in [-0.1, -0.05) is 19.3 Å². The maximum atomic E-state index is 12.6. The van der Waals surface area contributed by atoms with Crippen LogP contribution in [0.3, 0.4) is 0 Å². The van der Waals surface area contributed by atoms with Crippen LogP contribution in [-0.2, 0) is 16.1 Å². The zero-order valence-electron chi connectivity index (χ0n) is 14.9. The van der Waals surface area contributed by atoms with Crippen molar-refractivity contribution in [3.63, 3.8) is 0 Å². The van der Waals surface area contributed by atoms with Crippen LogP contribution in [0.15, 0.2) is 12.4 Å². The molecule has 0 radical (unpaired) electrons. The van der Waals surface area contributed by atoms with E-state index in [9.17, 15) is 14.4 Å². The van der Waals surface area contributed by atoms with Crippen molar-refractivity contribution in [1.82, 2.24) is 20.0 Å². The molecule has 1 aromatic rings. The van der Waals surface area contributed by atoms with E-state index in [0.29, 0.717) is 24.9 Å². The van der Waals surface area contributed by atoms with Gasteiger partial charge < -0.3 is 15.3 Å². The highest BCUT2D eigenvalue weighted by Gasteiger charge is 2.29. The molecule has 1 unspecified atom stereocenters. The van der Waals surface area contributed by atoms with Crippen LogP contribution in [0.5, 0.6) is 0 Å². The summed E-state index contributed by atoms with van der Waals surface area (Å²) in [5.41, 5.74) is 0.390. The SMILES string of the molecule is O=C(Cn1cc(C(=O)N2CCCC(C(=O)O)C2)cn1)NC1CCCCC1. The summed E-state index contributed by atoms with van der Waals surface area (Å²) in [4.78, 5) is 37.4. The molecular weight excluding hydrogens is 336 g/mol. The number of carboxylic acids is 1. The first-order valence-corrected chi connectivity index (χ1v) is 9.37. The van der Waals surface area contributed by atoms with Gasteiger partial charge in [-0.25, -0.2) is 0 Å². The van der Waals surface area contributed by atoms with Gasteiger partial charge in [-0.3, -0.25) is 19.1 Å². The summed E-state index contributed by atoms with van der Waals surface area (Å²) < 4.78 is 1.46. The lowest BCUT2D eigenvalue weighted by atomic mass is 9.95. The summed E-state index contributed by atoms with van der Waals surface area (Å²) in [7, 11) is 0. The van der Waals surface area contributed by atoms with Gasteiger partial charge in [-0.05, 0) is 25.7 Å². The standard InChI is InChI=1S/C18H26N4O4/c23-16(20-15-6-2-1-3-7-15)12-22-11-14(9-19-22)17(24)21-8-4-5-13(10-21)18(25)26/h9,11,13,15H,1-8,10,12H2,(H,20,23)(H,25,26). The molecule has 2 heterocycles. The van der Waals surface area contributed by atoms with E-state index in [1.807, 2.05) is 0 Å². The number of likely N-dealkylation sites (tertiary alicyclic amines) is 1. The lowest BCUT2D eigenvalue weighted by molar-refractivity contribution is -0.143. The maximum Gasteiger partial charge on any atom is 0.308 e. The molecule has 1 saturated carbocycles. The third kappa shape index (κ3) is 4.62. The fourth-order valence-corrected chi connectivity index (χ4v) is 3.77. The molecule has 142 valence electrons. The number of nitrogens with zero attached hydrogens (tertiary/aromatic N) is 3. The van der Waals surface area contributed by atoms with Gasteiger partial charge >= 0.3 is 5.97 Å². The fourth-order valence-electron chi connectivity index (χ4n) is 3.77. The summed E-state index contributed by atoms with van der Waals surface area (Å²) in [6.07, 6.45) is 9.87. The number of piperidine rings is 1. The summed E-state index contributed by atoms with van der Waals surface area (Å²) in [5, 5.41) is 16.3. The lowest BCUT2D eigenvalue weighted by Crippen LogP contribution is -2.42. The lowest BCUT2D eigenvalue weighted by Gasteiger charge is -2.30. The van der Waals surface area contributed by atoms with Crippen molar-refractivity contribution in [2.45, 2.75) is 57.5 Å². The van der Waals surface area contributed by atoms with Gasteiger partial charge in [0.1, 0.15) is 6.54 Å². The number of nitrogens with one attached hydrogen (secondary N) is 1. The summed E-state index contributed by atoms with van der Waals surface area (Å²) >= 11 is 0. The Labute approximate surface area is 152 Å². The summed E-state index contributed by atoms with van der Waals surface area (Å²) in [6, 6.07) is 0.245. The maximum absolute atomic E-state index is 12.6. The molecule has 2 aliphatic rings. The van der Waals surface area contributed by atoms with E-state index < -0.39 is 11.9 Å². The Kier molecular flexibility index (Phi) is 5.90. The molecule has 1 aromatic heterocycles. The van der Waals surface area contributed by atoms with E-state index in [4.69, 9.17) is 5.11 Å². The van der Waals surface area contributed by atoms with Crippen LogP contribution in [0.1, 0.15) is 55.3 Å². The van der Waals surface area contributed by atoms with E-state index in [1.54, 1.807) is 11.1 Å². The molecule has 26 heavy (non-hydrogen) atoms. The average Bonchev–Trinajstić information content (AvgIpc) is 3.10. The van der Waals surface area contributed by atoms with Crippen LogP contribution in [0.2, 0.25) is 0 Å². The van der Waals surface area contributed by atoms with Crippen molar-refractivity contribution >= 4 is 17.8 Å². The number of hydrogen-bond donors (Lipinski definition) is 2. The number of hydrogen-bond acceptors (Lipinski definition) is 4. The van der Waals surface area contributed by atoms with Gasteiger partial charge in [0, 0.05) is 25.3 Å². The average molecular weight is 362 g/mol. The predicted octanol–water partition coefficient (Wildman–Crippen LogP) is 1.27. The molecule has 1 saturated heterocycles. The molecule has 1 aliphatic carbocycles. The minimum Gasteiger partial charge on any atom is -0.481 e. The highest BCUT2D eigenvalue weighted by Crippen LogP contribution is 2.19. The smallest absolute Gasteiger partial charge is 0.308 e. The monoisotopic (exact) mass is 362 g/mol. The van der Waals surface area contributed by atoms with Crippen molar-refractivity contribution in [2.75, 3.05) is 13.1 Å². The van der Waals surface area contributed by atoms with Gasteiger partial charge in [0.15, 0.2) is 0 Å². The third-order valence-electron chi connectivity index (χ3n) is 5.21. The number of aliphatic carboxylic acids is 1. The van der Waals surface area contributed by atoms with Gasteiger partial charge in [0.25, 0.3) is 5.91 Å². The van der Waals surface area contributed by atoms with Crippen molar-refractivity contribution in [3.8, 4) is 0 Å². The summed E-state index contributed by atoms with van der Waals surface area (Å²) in [5.74, 6) is -1.70. The van der Waals surface area contributed by atoms with Gasteiger partial charge in [0.2, 0.25) is 5.91 Å². The van der Waals surface area contributed by atoms with Gasteiger partial charge in [0.05, 0.1) is 17.7 Å². The largest absolute Gasteiger partial charge is 0.481 e. The Morgan fingerprint density at radius 3 is 2.65 bits per heavy atom. The number of carboxylic acid groups (broad SMARTS) is 1. The number of aromatic nitrogens is 2. The van der Waals surface area contributed by atoms with Crippen LogP contribution in [0, 0.1) is 5.92 Å². The first-order valence-electron chi connectivity index (χ1n) is 9.37. The molecule has 0 spiro atoms. The summed E-state index contributed by atoms with van der Waals surface area (Å²) in [6.45, 7) is 0.860. The Morgan fingerprint density at radius 2 is 1.92 bits per heavy atom. The van der Waals surface area contributed by atoms with Crippen LogP contribution in [0.4, 0.5) is 0 Å². The Morgan fingerprint density at radius 1 is 1.15 bits per heavy atom. The van der Waals surface area contributed by atoms with E-state index >= 15 is 0 Å². The Bertz CT molecular complexity index is 666. The molecule has 8 nitrogen and oxygen atoms in total. The Hall–Kier alpha value is -2.38. The highest BCUT2D eigenvalue weighted by molar-refractivity contribution is 5.94. The molecule has 1 atom stereocenters. The predicted molar refractivity (Wildman–Crippen MR) is 93.5 cm³/mol. The minimum absolute atomic E-state index is 0.0849. The molecule has 8 heteroatoms. The molecule has 0 aromatic carbocycles. The second-order valence-corrected chi connectivity index (χ2v) is 7.26. The molecule has 2 fully saturated rings. The number of amides is 2. The number of carbonyl (C=O) groups is 3. The Balaban J connectivity index is 1.54. The van der Waals surface area contributed by atoms with Crippen LogP contribution in [0.25, 0.3) is 0 Å². The molecule has 1 aliphatic heterocycles. The zero-order chi connectivity index (χ0) is 18.5. The van der Waals surface area contributed by atoms with Gasteiger partial charge in [-0.15, -0.1) is 0 Å². The third-order valence-corrected chi connectivity index (χ3v) is 5.21. The van der Waals surface area contributed by atoms with Crippen molar-refractivity contribution in [2.24, 2.45) is 5.92 Å². The van der Waals surface area contributed by atoms with E-state index in [0.717, 1.165) is 25.7 Å². The zero-order valence-corrected chi connectivity index (χ0v) is 14.9. The molecular formula is C18H26N4O4.